The SMILES string of the molecule is [B]c1c([B])c(CC)c([B])c([B])c1C. The Hall–Kier alpha value is -0.520. The van der Waals surface area contributed by atoms with Crippen molar-refractivity contribution in [2.24, 2.45) is 0 Å². The van der Waals surface area contributed by atoms with E-state index >= 15 is 0 Å². The third-order valence-corrected chi connectivity index (χ3v) is 2.39. The lowest BCUT2D eigenvalue weighted by Crippen LogP contribution is -2.46. The van der Waals surface area contributed by atoms with Gasteiger partial charge in [0.15, 0.2) is 0 Å². The van der Waals surface area contributed by atoms with Gasteiger partial charge < -0.3 is 0 Å². The average molecular weight is 159 g/mol. The molecule has 1 aromatic rings. The topological polar surface area (TPSA) is 0 Å². The van der Waals surface area contributed by atoms with E-state index < -0.39 is 0 Å². The first-order chi connectivity index (χ1) is 6.00. The number of hydrogen-bond donors (Lipinski definition) is 0. The van der Waals surface area contributed by atoms with Gasteiger partial charge in [-0.3, -0.25) is 0 Å². The van der Waals surface area contributed by atoms with E-state index in [0.717, 1.165) is 17.5 Å². The van der Waals surface area contributed by atoms with Gasteiger partial charge >= 0.3 is 0 Å². The molecule has 1 rings (SSSR count). The Morgan fingerprint density at radius 1 is 0.846 bits per heavy atom. The summed E-state index contributed by atoms with van der Waals surface area (Å²) in [4.78, 5) is 0. The molecule has 0 bridgehead atoms. The molecule has 1 aromatic carbocycles. The molecule has 0 aromatic heterocycles. The summed E-state index contributed by atoms with van der Waals surface area (Å²) < 4.78 is 0. The predicted octanol–water partition coefficient (Wildman–Crippen LogP) is -2.27. The first-order valence-electron chi connectivity index (χ1n) is 4.22. The summed E-state index contributed by atoms with van der Waals surface area (Å²) in [5.74, 6) is 0. The minimum absolute atomic E-state index is 0.545. The van der Waals surface area contributed by atoms with Crippen molar-refractivity contribution in [2.45, 2.75) is 20.3 Å². The number of rotatable bonds is 1. The summed E-state index contributed by atoms with van der Waals surface area (Å²) in [7, 11) is 23.1. The van der Waals surface area contributed by atoms with Gasteiger partial charge in [0, 0.05) is 0 Å². The summed E-state index contributed by atoms with van der Waals surface area (Å²) in [5.41, 5.74) is 3.83. The van der Waals surface area contributed by atoms with Gasteiger partial charge in [-0.1, -0.05) is 18.1 Å². The van der Waals surface area contributed by atoms with E-state index in [0.29, 0.717) is 21.9 Å². The normalized spacial score (nSPS) is 10.3. The quantitative estimate of drug-likeness (QED) is 0.406. The van der Waals surface area contributed by atoms with Crippen molar-refractivity contribution in [2.75, 3.05) is 0 Å². The molecule has 56 valence electrons. The van der Waals surface area contributed by atoms with Crippen LogP contribution in [0.4, 0.5) is 0 Å². The summed E-state index contributed by atoms with van der Waals surface area (Å²) >= 11 is 0. The lowest BCUT2D eigenvalue weighted by molar-refractivity contribution is 1.17. The molecule has 4 heteroatoms. The Balaban J connectivity index is 3.56. The summed E-state index contributed by atoms with van der Waals surface area (Å²) in [6.45, 7) is 3.78. The van der Waals surface area contributed by atoms with E-state index in [2.05, 4.69) is 0 Å². The fourth-order valence-corrected chi connectivity index (χ4v) is 1.40. The molecule has 13 heavy (non-hydrogen) atoms. The summed E-state index contributed by atoms with van der Waals surface area (Å²) in [5, 5.41) is 0. The highest BCUT2D eigenvalue weighted by Crippen LogP contribution is 1.91. The average Bonchev–Trinajstić information content (AvgIpc) is 2.13. The molecule has 0 aliphatic rings. The van der Waals surface area contributed by atoms with Gasteiger partial charge in [-0.15, -0.1) is 21.9 Å². The van der Waals surface area contributed by atoms with Crippen molar-refractivity contribution in [3.05, 3.63) is 11.1 Å². The largest absolute Gasteiger partial charge is 0.113 e. The molecule has 0 saturated heterocycles. The second-order valence-electron chi connectivity index (χ2n) is 3.11. The zero-order valence-electron chi connectivity index (χ0n) is 8.02. The molecule has 0 fully saturated rings. The van der Waals surface area contributed by atoms with Crippen molar-refractivity contribution in [3.8, 4) is 0 Å². The van der Waals surface area contributed by atoms with E-state index in [1.54, 1.807) is 0 Å². The van der Waals surface area contributed by atoms with Crippen LogP contribution in [0.15, 0.2) is 0 Å². The summed E-state index contributed by atoms with van der Waals surface area (Å²) in [6, 6.07) is 0. The molecule has 0 heterocycles. The van der Waals surface area contributed by atoms with Crippen molar-refractivity contribution in [3.63, 3.8) is 0 Å². The van der Waals surface area contributed by atoms with Crippen molar-refractivity contribution < 1.29 is 0 Å². The van der Waals surface area contributed by atoms with Crippen molar-refractivity contribution >= 4 is 53.2 Å². The molecule has 0 amide bonds. The van der Waals surface area contributed by atoms with E-state index in [9.17, 15) is 0 Å². The number of benzene rings is 1. The molecular formula is C9H8B4. The van der Waals surface area contributed by atoms with E-state index in [4.69, 9.17) is 31.4 Å². The molecule has 0 aliphatic heterocycles. The highest BCUT2D eigenvalue weighted by Gasteiger charge is 2.08. The van der Waals surface area contributed by atoms with Gasteiger partial charge in [0.1, 0.15) is 31.4 Å². The van der Waals surface area contributed by atoms with Gasteiger partial charge in [0.25, 0.3) is 0 Å². The van der Waals surface area contributed by atoms with Crippen LogP contribution in [0, 0.1) is 6.92 Å². The maximum atomic E-state index is 5.80. The predicted molar refractivity (Wildman–Crippen MR) is 62.1 cm³/mol. The molecular weight excluding hydrogens is 151 g/mol. The molecule has 0 atom stereocenters. The van der Waals surface area contributed by atoms with Crippen LogP contribution in [0.2, 0.25) is 0 Å². The third-order valence-electron chi connectivity index (χ3n) is 2.39. The van der Waals surface area contributed by atoms with Gasteiger partial charge in [0.2, 0.25) is 0 Å². The van der Waals surface area contributed by atoms with Gasteiger partial charge in [0.05, 0.1) is 0 Å². The molecule has 0 spiro atoms. The molecule has 0 aliphatic carbocycles. The maximum Gasteiger partial charge on any atom is 0.113 e. The fourth-order valence-electron chi connectivity index (χ4n) is 1.40. The van der Waals surface area contributed by atoms with Crippen LogP contribution in [0.1, 0.15) is 18.1 Å². The molecule has 0 unspecified atom stereocenters. The molecule has 0 saturated carbocycles. The highest BCUT2D eigenvalue weighted by atomic mass is 14.1. The van der Waals surface area contributed by atoms with Crippen LogP contribution in [0.25, 0.3) is 0 Å². The smallest absolute Gasteiger partial charge is 0.101 e. The summed E-state index contributed by atoms with van der Waals surface area (Å²) in [6.07, 6.45) is 0.742. The third kappa shape index (κ3) is 1.59. The van der Waals surface area contributed by atoms with Crippen LogP contribution in [-0.2, 0) is 6.42 Å². The van der Waals surface area contributed by atoms with Crippen LogP contribution in [0.5, 0.6) is 0 Å². The lowest BCUT2D eigenvalue weighted by atomic mass is 9.64. The Kier molecular flexibility index (Phi) is 3.00. The van der Waals surface area contributed by atoms with Gasteiger partial charge in [-0.05, 0) is 13.3 Å². The second-order valence-corrected chi connectivity index (χ2v) is 3.11. The standard InChI is InChI=1S/C9H8B4/c1-3-5-8(12)6(10)4(2)7(11)9(5)13/h3H2,1-2H3. The monoisotopic (exact) mass is 160 g/mol. The zero-order chi connectivity index (χ0) is 10.2. The van der Waals surface area contributed by atoms with Crippen LogP contribution < -0.4 is 21.9 Å². The van der Waals surface area contributed by atoms with E-state index in [1.165, 1.54) is 0 Å². The Labute approximate surface area is 85.1 Å². The first kappa shape index (κ1) is 10.6. The molecule has 8 radical (unpaired) electrons. The Morgan fingerprint density at radius 3 is 1.54 bits per heavy atom. The van der Waals surface area contributed by atoms with Crippen molar-refractivity contribution in [1.82, 2.24) is 0 Å². The fraction of sp³-hybridized carbons (Fsp3) is 0.333. The van der Waals surface area contributed by atoms with E-state index in [1.807, 2.05) is 13.8 Å². The molecule has 0 nitrogen and oxygen atoms in total. The Morgan fingerprint density at radius 2 is 1.23 bits per heavy atom. The van der Waals surface area contributed by atoms with Crippen molar-refractivity contribution in [1.29, 1.82) is 0 Å². The highest BCUT2D eigenvalue weighted by molar-refractivity contribution is 6.57. The molecule has 0 N–H and O–H groups in total. The van der Waals surface area contributed by atoms with E-state index in [-0.39, 0.29) is 0 Å². The van der Waals surface area contributed by atoms with Crippen LogP contribution in [-0.4, -0.2) is 31.4 Å². The Bertz CT molecular complexity index is 315. The maximum absolute atomic E-state index is 5.80. The lowest BCUT2D eigenvalue weighted by Gasteiger charge is -2.19. The second kappa shape index (κ2) is 3.69. The van der Waals surface area contributed by atoms with Crippen LogP contribution >= 0.6 is 0 Å². The van der Waals surface area contributed by atoms with Gasteiger partial charge in [-0.25, -0.2) is 0 Å². The minimum Gasteiger partial charge on any atom is -0.101 e. The van der Waals surface area contributed by atoms with Gasteiger partial charge in [-0.2, -0.15) is 0 Å². The number of hydrogen-bond acceptors (Lipinski definition) is 0. The zero-order valence-corrected chi connectivity index (χ0v) is 8.02. The first-order valence-corrected chi connectivity index (χ1v) is 4.22. The van der Waals surface area contributed by atoms with Crippen LogP contribution in [0.3, 0.4) is 0 Å². The minimum atomic E-state index is 0.545.